The van der Waals surface area contributed by atoms with Gasteiger partial charge in [0.25, 0.3) is 10.0 Å². The van der Waals surface area contributed by atoms with Crippen LogP contribution in [0.3, 0.4) is 0 Å². The number of hydrogen-bond donors (Lipinski definition) is 1. The van der Waals surface area contributed by atoms with Gasteiger partial charge in [0.1, 0.15) is 16.5 Å². The van der Waals surface area contributed by atoms with Gasteiger partial charge >= 0.3 is 0 Å². The SMILES string of the molecule is CN(c1cc(F)c(S(=O)(=O)Nc2cscn2)cc1Cl)C1CCN(Cc2c(F)cccc2Cl)C1. The molecule has 0 radical (unpaired) electrons. The average molecular weight is 533 g/mol. The van der Waals surface area contributed by atoms with Crippen LogP contribution in [0.25, 0.3) is 0 Å². The van der Waals surface area contributed by atoms with Gasteiger partial charge in [-0.05, 0) is 24.6 Å². The van der Waals surface area contributed by atoms with E-state index in [4.69, 9.17) is 23.2 Å². The predicted octanol–water partition coefficient (Wildman–Crippen LogP) is 5.24. The molecule has 0 amide bonds. The van der Waals surface area contributed by atoms with Crippen molar-refractivity contribution in [2.45, 2.75) is 23.9 Å². The van der Waals surface area contributed by atoms with Crippen LogP contribution in [-0.4, -0.2) is 44.5 Å². The highest BCUT2D eigenvalue weighted by Crippen LogP contribution is 2.34. The van der Waals surface area contributed by atoms with Crippen LogP contribution in [-0.2, 0) is 16.6 Å². The number of sulfonamides is 1. The Labute approximate surface area is 204 Å². The molecule has 1 N–H and O–H groups in total. The van der Waals surface area contributed by atoms with Crippen LogP contribution in [0.2, 0.25) is 10.0 Å². The highest BCUT2D eigenvalue weighted by atomic mass is 35.5. The molecule has 2 heterocycles. The molecule has 4 rings (SSSR count). The summed E-state index contributed by atoms with van der Waals surface area (Å²) in [4.78, 5) is 7.18. The van der Waals surface area contributed by atoms with E-state index in [1.54, 1.807) is 19.2 Å². The molecule has 0 saturated carbocycles. The molecule has 3 aromatic rings. The standard InChI is InChI=1S/C21H20Cl2F2N4O2S2/c1-28(13-5-6-29(9-13)10-14-15(22)3-2-4-17(14)24)19-8-18(25)20(7-16(19)23)33(30,31)27-21-11-32-12-26-21/h2-4,7-8,11-13,27H,5-6,9-10H2,1H3. The normalized spacial score (nSPS) is 16.8. The van der Waals surface area contributed by atoms with Crippen molar-refractivity contribution in [2.24, 2.45) is 0 Å². The summed E-state index contributed by atoms with van der Waals surface area (Å²) in [6, 6.07) is 6.79. The van der Waals surface area contributed by atoms with E-state index in [2.05, 4.69) is 14.6 Å². The first-order valence-corrected chi connectivity index (χ1v) is 13.1. The summed E-state index contributed by atoms with van der Waals surface area (Å²) in [6.45, 7) is 1.64. The fourth-order valence-corrected chi connectivity index (χ4v) is 6.05. The van der Waals surface area contributed by atoms with Crippen molar-refractivity contribution in [1.29, 1.82) is 0 Å². The number of nitrogens with one attached hydrogen (secondary N) is 1. The molecular weight excluding hydrogens is 513 g/mol. The molecule has 33 heavy (non-hydrogen) atoms. The van der Waals surface area contributed by atoms with Gasteiger partial charge in [-0.25, -0.2) is 22.2 Å². The van der Waals surface area contributed by atoms with Crippen LogP contribution in [0.4, 0.5) is 20.3 Å². The van der Waals surface area contributed by atoms with Gasteiger partial charge in [-0.2, -0.15) is 0 Å². The summed E-state index contributed by atoms with van der Waals surface area (Å²) >= 11 is 13.7. The molecule has 1 fully saturated rings. The second-order valence-corrected chi connectivity index (χ2v) is 10.9. The third kappa shape index (κ3) is 5.25. The first-order chi connectivity index (χ1) is 15.7. The van der Waals surface area contributed by atoms with Crippen LogP contribution in [0.5, 0.6) is 0 Å². The van der Waals surface area contributed by atoms with Crippen molar-refractivity contribution in [2.75, 3.05) is 29.8 Å². The molecule has 0 bridgehead atoms. The summed E-state index contributed by atoms with van der Waals surface area (Å²) in [6.07, 6.45) is 0.742. The zero-order valence-corrected chi connectivity index (χ0v) is 20.6. The van der Waals surface area contributed by atoms with Crippen molar-refractivity contribution in [3.05, 3.63) is 68.5 Å². The van der Waals surface area contributed by atoms with Gasteiger partial charge in [0.2, 0.25) is 0 Å². The third-order valence-corrected chi connectivity index (χ3v) is 8.19. The summed E-state index contributed by atoms with van der Waals surface area (Å²) in [5, 5.41) is 1.98. The van der Waals surface area contributed by atoms with Gasteiger partial charge in [0, 0.05) is 54.8 Å². The molecule has 2 aromatic carbocycles. The monoisotopic (exact) mass is 532 g/mol. The summed E-state index contributed by atoms with van der Waals surface area (Å²) < 4.78 is 56.4. The van der Waals surface area contributed by atoms with Crippen LogP contribution >= 0.6 is 34.5 Å². The molecule has 1 atom stereocenters. The lowest BCUT2D eigenvalue weighted by Crippen LogP contribution is -2.35. The van der Waals surface area contributed by atoms with E-state index in [0.717, 1.165) is 18.6 Å². The van der Waals surface area contributed by atoms with E-state index in [-0.39, 0.29) is 22.7 Å². The van der Waals surface area contributed by atoms with E-state index in [0.29, 0.717) is 35.9 Å². The van der Waals surface area contributed by atoms with Crippen molar-refractivity contribution in [3.8, 4) is 0 Å². The number of likely N-dealkylation sites (N-methyl/N-ethyl adjacent to an activating group) is 1. The Kier molecular flexibility index (Phi) is 7.11. The van der Waals surface area contributed by atoms with E-state index in [1.807, 2.05) is 4.90 Å². The number of benzene rings is 2. The Morgan fingerprint density at radius 3 is 2.73 bits per heavy atom. The average Bonchev–Trinajstić information content (AvgIpc) is 3.43. The zero-order valence-electron chi connectivity index (χ0n) is 17.4. The minimum absolute atomic E-state index is 0.0250. The van der Waals surface area contributed by atoms with Crippen molar-refractivity contribution < 1.29 is 17.2 Å². The maximum absolute atomic E-state index is 14.9. The number of rotatable bonds is 7. The van der Waals surface area contributed by atoms with E-state index in [1.165, 1.54) is 28.3 Å². The van der Waals surface area contributed by atoms with E-state index in [9.17, 15) is 17.2 Å². The first-order valence-electron chi connectivity index (χ1n) is 9.94. The largest absolute Gasteiger partial charge is 0.369 e. The van der Waals surface area contributed by atoms with Crippen molar-refractivity contribution in [3.63, 3.8) is 0 Å². The van der Waals surface area contributed by atoms with Crippen LogP contribution in [0.15, 0.2) is 46.1 Å². The summed E-state index contributed by atoms with van der Waals surface area (Å²) in [5.41, 5.74) is 2.27. The third-order valence-electron chi connectivity index (χ3n) is 5.58. The second kappa shape index (κ2) is 9.71. The van der Waals surface area contributed by atoms with Gasteiger partial charge < -0.3 is 4.90 Å². The second-order valence-electron chi connectivity index (χ2n) is 7.70. The van der Waals surface area contributed by atoms with Gasteiger partial charge in [0.15, 0.2) is 5.82 Å². The minimum Gasteiger partial charge on any atom is -0.369 e. The number of aromatic nitrogens is 1. The Morgan fingerprint density at radius 1 is 1.24 bits per heavy atom. The molecule has 12 heteroatoms. The molecule has 1 aliphatic rings. The Balaban J connectivity index is 1.50. The Bertz CT molecular complexity index is 1240. The first kappa shape index (κ1) is 24.2. The minimum atomic E-state index is -4.19. The van der Waals surface area contributed by atoms with E-state index < -0.39 is 20.7 Å². The number of hydrogen-bond acceptors (Lipinski definition) is 6. The molecule has 1 unspecified atom stereocenters. The molecule has 1 aromatic heterocycles. The molecule has 0 aliphatic carbocycles. The lowest BCUT2D eigenvalue weighted by molar-refractivity contribution is 0.320. The summed E-state index contributed by atoms with van der Waals surface area (Å²) in [7, 11) is -2.42. The molecule has 176 valence electrons. The predicted molar refractivity (Wildman–Crippen MR) is 128 cm³/mol. The lowest BCUT2D eigenvalue weighted by Gasteiger charge is -2.28. The highest BCUT2D eigenvalue weighted by Gasteiger charge is 2.30. The topological polar surface area (TPSA) is 65.5 Å². The number of anilines is 2. The summed E-state index contributed by atoms with van der Waals surface area (Å²) in [5.74, 6) is -1.16. The highest BCUT2D eigenvalue weighted by molar-refractivity contribution is 7.92. The maximum atomic E-state index is 14.9. The smallest absolute Gasteiger partial charge is 0.266 e. The van der Waals surface area contributed by atoms with Crippen LogP contribution in [0.1, 0.15) is 12.0 Å². The van der Waals surface area contributed by atoms with Gasteiger partial charge in [-0.3, -0.25) is 9.62 Å². The number of halogens is 4. The molecule has 0 spiro atoms. The number of thiazole rings is 1. The van der Waals surface area contributed by atoms with Gasteiger partial charge in [-0.1, -0.05) is 29.3 Å². The van der Waals surface area contributed by atoms with Gasteiger partial charge in [0.05, 0.1) is 16.2 Å². The van der Waals surface area contributed by atoms with Gasteiger partial charge in [-0.15, -0.1) is 11.3 Å². The lowest BCUT2D eigenvalue weighted by atomic mass is 10.2. The molecule has 1 aliphatic heterocycles. The van der Waals surface area contributed by atoms with E-state index >= 15 is 0 Å². The Hall–Kier alpha value is -1.98. The Morgan fingerprint density at radius 2 is 2.03 bits per heavy atom. The van der Waals surface area contributed by atoms with Crippen molar-refractivity contribution in [1.82, 2.24) is 9.88 Å². The number of likely N-dealkylation sites (tertiary alicyclic amines) is 1. The quantitative estimate of drug-likeness (QED) is 0.450. The van der Waals surface area contributed by atoms with Crippen LogP contribution in [0, 0.1) is 11.6 Å². The number of nitrogens with zero attached hydrogens (tertiary/aromatic N) is 3. The fourth-order valence-electron chi connectivity index (χ4n) is 3.83. The van der Waals surface area contributed by atoms with Crippen molar-refractivity contribution >= 4 is 56.1 Å². The molecule has 6 nitrogen and oxygen atoms in total. The maximum Gasteiger partial charge on any atom is 0.266 e. The zero-order chi connectivity index (χ0) is 23.8. The fraction of sp³-hybridized carbons (Fsp3) is 0.286. The molecule has 1 saturated heterocycles. The van der Waals surface area contributed by atoms with Crippen LogP contribution < -0.4 is 9.62 Å². The molecular formula is C21H20Cl2F2N4O2S2.